The summed E-state index contributed by atoms with van der Waals surface area (Å²) in [6, 6.07) is 13.1. The molecule has 0 fully saturated rings. The molecule has 1 atom stereocenters. The Balaban J connectivity index is 1.94. The fourth-order valence-electron chi connectivity index (χ4n) is 3.33. The normalized spacial score (nSPS) is 13.6. The van der Waals surface area contributed by atoms with Crippen molar-refractivity contribution in [3.8, 4) is 0 Å². The van der Waals surface area contributed by atoms with Crippen molar-refractivity contribution in [2.75, 3.05) is 6.54 Å². The zero-order valence-electron chi connectivity index (χ0n) is 18.9. The van der Waals surface area contributed by atoms with Crippen LogP contribution in [-0.2, 0) is 25.3 Å². The predicted octanol–water partition coefficient (Wildman–Crippen LogP) is 4.32. The van der Waals surface area contributed by atoms with Crippen molar-refractivity contribution in [3.63, 3.8) is 0 Å². The van der Waals surface area contributed by atoms with Crippen LogP contribution in [0.3, 0.4) is 0 Å². The number of nitrogens with zero attached hydrogens (tertiary/aromatic N) is 1. The molecule has 0 aliphatic carbocycles. The van der Waals surface area contributed by atoms with Crippen LogP contribution < -0.4 is 4.72 Å². The van der Waals surface area contributed by atoms with E-state index in [0.717, 1.165) is 11.6 Å². The van der Waals surface area contributed by atoms with Crippen molar-refractivity contribution in [2.24, 2.45) is 0 Å². The van der Waals surface area contributed by atoms with Crippen LogP contribution in [0, 0.1) is 12.7 Å². The summed E-state index contributed by atoms with van der Waals surface area (Å²) in [5.74, 6) is -0.522. The monoisotopic (exact) mass is 490 g/mol. The van der Waals surface area contributed by atoms with Gasteiger partial charge in [-0.05, 0) is 65.4 Å². The Morgan fingerprint density at radius 1 is 0.970 bits per heavy atom. The molecular weight excluding hydrogens is 463 g/mol. The lowest BCUT2D eigenvalue weighted by atomic mass is 9.87. The maximum absolute atomic E-state index is 13.7. The van der Waals surface area contributed by atoms with Gasteiger partial charge in [-0.3, -0.25) is 4.98 Å². The van der Waals surface area contributed by atoms with Gasteiger partial charge in [-0.2, -0.15) is 0 Å². The molecule has 9 heteroatoms. The number of aryl methyl sites for hydroxylation is 1. The van der Waals surface area contributed by atoms with Crippen LogP contribution in [0.15, 0.2) is 76.8 Å². The highest BCUT2D eigenvalue weighted by Crippen LogP contribution is 2.30. The molecule has 0 bridgehead atoms. The molecule has 0 amide bonds. The molecule has 0 aliphatic heterocycles. The summed E-state index contributed by atoms with van der Waals surface area (Å²) in [6.45, 7) is 7.13. The van der Waals surface area contributed by atoms with Gasteiger partial charge in [0.25, 0.3) is 0 Å². The van der Waals surface area contributed by atoms with Crippen molar-refractivity contribution >= 4 is 19.9 Å². The Hall–Kier alpha value is -2.62. The van der Waals surface area contributed by atoms with E-state index in [1.165, 1.54) is 43.6 Å². The van der Waals surface area contributed by atoms with Crippen LogP contribution in [0.4, 0.5) is 4.39 Å². The Morgan fingerprint density at radius 2 is 1.61 bits per heavy atom. The molecule has 0 saturated heterocycles. The summed E-state index contributed by atoms with van der Waals surface area (Å²) >= 11 is 0. The van der Waals surface area contributed by atoms with Crippen LogP contribution in [0.1, 0.15) is 42.7 Å². The first kappa shape index (κ1) is 25.0. The van der Waals surface area contributed by atoms with E-state index in [1.807, 2.05) is 20.8 Å². The number of halogens is 1. The van der Waals surface area contributed by atoms with Gasteiger partial charge in [0.15, 0.2) is 9.84 Å². The third-order valence-electron chi connectivity index (χ3n) is 5.38. The number of sulfone groups is 1. The van der Waals surface area contributed by atoms with Gasteiger partial charge in [-0.1, -0.05) is 39.0 Å². The average Bonchev–Trinajstić information content (AvgIpc) is 2.75. The van der Waals surface area contributed by atoms with Crippen LogP contribution in [0.2, 0.25) is 0 Å². The number of hydrogen-bond acceptors (Lipinski definition) is 5. The number of nitrogens with one attached hydrogen (secondary N) is 1. The van der Waals surface area contributed by atoms with Crippen LogP contribution in [0.5, 0.6) is 0 Å². The fourth-order valence-corrected chi connectivity index (χ4v) is 6.21. The van der Waals surface area contributed by atoms with Gasteiger partial charge in [-0.25, -0.2) is 25.9 Å². The fraction of sp³-hybridized carbons (Fsp3) is 0.292. The largest absolute Gasteiger partial charge is 0.264 e. The average molecular weight is 491 g/mol. The first-order valence-electron chi connectivity index (χ1n) is 10.3. The summed E-state index contributed by atoms with van der Waals surface area (Å²) in [6.07, 6.45) is 2.88. The molecule has 0 saturated carbocycles. The van der Waals surface area contributed by atoms with E-state index in [9.17, 15) is 21.2 Å². The van der Waals surface area contributed by atoms with Gasteiger partial charge >= 0.3 is 0 Å². The lowest BCUT2D eigenvalue weighted by Gasteiger charge is -2.20. The lowest BCUT2D eigenvalue weighted by Crippen LogP contribution is -2.32. The van der Waals surface area contributed by atoms with Crippen molar-refractivity contribution in [1.82, 2.24) is 9.71 Å². The first-order valence-corrected chi connectivity index (χ1v) is 13.4. The van der Waals surface area contributed by atoms with Gasteiger partial charge < -0.3 is 0 Å². The van der Waals surface area contributed by atoms with E-state index in [2.05, 4.69) is 9.71 Å². The van der Waals surface area contributed by atoms with Crippen LogP contribution >= 0.6 is 0 Å². The second-order valence-electron chi connectivity index (χ2n) is 8.86. The lowest BCUT2D eigenvalue weighted by molar-refractivity contribution is 0.567. The molecule has 3 rings (SSSR count). The smallest absolute Gasteiger partial charge is 0.240 e. The summed E-state index contributed by atoms with van der Waals surface area (Å²) < 4.78 is 68.8. The number of rotatable bonds is 7. The minimum Gasteiger partial charge on any atom is -0.264 e. The number of aromatic nitrogens is 1. The molecule has 1 heterocycles. The highest BCUT2D eigenvalue weighted by Gasteiger charge is 2.31. The first-order chi connectivity index (χ1) is 15.3. The van der Waals surface area contributed by atoms with E-state index >= 15 is 0 Å². The van der Waals surface area contributed by atoms with E-state index < -0.39 is 37.5 Å². The summed E-state index contributed by atoms with van der Waals surface area (Å²) in [7, 11) is -8.04. The minimum absolute atomic E-state index is 0.0375. The molecule has 0 aliphatic rings. The Bertz CT molecular complexity index is 1330. The van der Waals surface area contributed by atoms with Crippen molar-refractivity contribution in [3.05, 3.63) is 89.5 Å². The topological polar surface area (TPSA) is 93.2 Å². The van der Waals surface area contributed by atoms with Gasteiger partial charge in [-0.15, -0.1) is 0 Å². The predicted molar refractivity (Wildman–Crippen MR) is 126 cm³/mol. The quantitative estimate of drug-likeness (QED) is 0.498. The number of hydrogen-bond donors (Lipinski definition) is 1. The third kappa shape index (κ3) is 5.66. The molecule has 6 nitrogen and oxygen atoms in total. The van der Waals surface area contributed by atoms with Crippen molar-refractivity contribution in [1.29, 1.82) is 0 Å². The van der Waals surface area contributed by atoms with Gasteiger partial charge in [0.2, 0.25) is 10.0 Å². The molecule has 0 spiro atoms. The molecule has 0 radical (unpaired) electrons. The maximum Gasteiger partial charge on any atom is 0.240 e. The van der Waals surface area contributed by atoms with E-state index in [0.29, 0.717) is 5.56 Å². The second kappa shape index (κ2) is 9.32. The van der Waals surface area contributed by atoms with Gasteiger partial charge in [0.05, 0.1) is 9.79 Å². The van der Waals surface area contributed by atoms with Crippen molar-refractivity contribution < 1.29 is 21.2 Å². The highest BCUT2D eigenvalue weighted by atomic mass is 32.2. The molecule has 1 unspecified atom stereocenters. The number of sulfonamides is 1. The molecule has 3 aromatic rings. The minimum atomic E-state index is -4.06. The maximum atomic E-state index is 13.7. The molecule has 1 N–H and O–H groups in total. The second-order valence-corrected chi connectivity index (χ2v) is 12.8. The van der Waals surface area contributed by atoms with E-state index in [4.69, 9.17) is 0 Å². The van der Waals surface area contributed by atoms with E-state index in [1.54, 1.807) is 24.3 Å². The van der Waals surface area contributed by atoms with Crippen molar-refractivity contribution in [2.45, 2.75) is 48.2 Å². The Kier molecular flexibility index (Phi) is 7.07. The molecule has 176 valence electrons. The zero-order chi connectivity index (χ0) is 24.4. The van der Waals surface area contributed by atoms with Gasteiger partial charge in [0.1, 0.15) is 11.1 Å². The molecule has 2 aromatic carbocycles. The standard InChI is InChI=1S/C24H27FN2O4S2/c1-17-14-21(11-12-22(17)25)32(28,29)23(18-6-5-13-26-15-18)16-27-33(30,31)20-9-7-19(8-10-20)24(2,3)4/h5-15,23,27H,16H2,1-4H3. The Morgan fingerprint density at radius 3 is 2.15 bits per heavy atom. The summed E-state index contributed by atoms with van der Waals surface area (Å²) in [4.78, 5) is 3.92. The SMILES string of the molecule is Cc1cc(S(=O)(=O)C(CNS(=O)(=O)c2ccc(C(C)(C)C)cc2)c2cccnc2)ccc1F. The highest BCUT2D eigenvalue weighted by molar-refractivity contribution is 7.92. The summed E-state index contributed by atoms with van der Waals surface area (Å²) in [5, 5.41) is -1.25. The number of benzene rings is 2. The molecule has 33 heavy (non-hydrogen) atoms. The third-order valence-corrected chi connectivity index (χ3v) is 8.92. The zero-order valence-corrected chi connectivity index (χ0v) is 20.5. The molecular formula is C24H27FN2O4S2. The van der Waals surface area contributed by atoms with Crippen LogP contribution in [-0.4, -0.2) is 28.4 Å². The van der Waals surface area contributed by atoms with E-state index in [-0.39, 0.29) is 20.8 Å². The van der Waals surface area contributed by atoms with Crippen LogP contribution in [0.25, 0.3) is 0 Å². The van der Waals surface area contributed by atoms with Gasteiger partial charge in [0, 0.05) is 18.9 Å². The summed E-state index contributed by atoms with van der Waals surface area (Å²) in [5.41, 5.74) is 1.34. The Labute approximate surface area is 194 Å². The number of pyridine rings is 1. The molecule has 1 aromatic heterocycles.